The molecule has 16 heavy (non-hydrogen) atoms. The molecule has 0 heterocycles. The van der Waals surface area contributed by atoms with E-state index >= 15 is 0 Å². The number of carbonyl (C=O) groups is 1. The number of hydrogen-bond donors (Lipinski definition) is 1. The van der Waals surface area contributed by atoms with Gasteiger partial charge in [-0.2, -0.15) is 11.8 Å². The standard InChI is InChI=1S/C12H23NO2S/c1-12(2,3)15-11(14)8-13-9-5-6-10(7-9)16-4/h9-10,13H,5-8H2,1-4H3. The molecule has 1 saturated carbocycles. The fraction of sp³-hybridized carbons (Fsp3) is 0.917. The molecular weight excluding hydrogens is 222 g/mol. The topological polar surface area (TPSA) is 38.3 Å². The third-order valence-electron chi connectivity index (χ3n) is 2.67. The summed E-state index contributed by atoms with van der Waals surface area (Å²) in [6, 6.07) is 0.491. The van der Waals surface area contributed by atoms with Crippen molar-refractivity contribution in [3.8, 4) is 0 Å². The van der Waals surface area contributed by atoms with Gasteiger partial charge in [0, 0.05) is 11.3 Å². The van der Waals surface area contributed by atoms with Crippen LogP contribution in [0.15, 0.2) is 0 Å². The molecule has 1 aliphatic carbocycles. The van der Waals surface area contributed by atoms with Crippen molar-refractivity contribution < 1.29 is 9.53 Å². The number of rotatable bonds is 4. The molecule has 0 aromatic rings. The molecule has 0 aromatic heterocycles. The average Bonchev–Trinajstić information content (AvgIpc) is 2.59. The number of ether oxygens (including phenoxy) is 1. The zero-order valence-corrected chi connectivity index (χ0v) is 11.5. The summed E-state index contributed by atoms with van der Waals surface area (Å²) in [4.78, 5) is 11.5. The second kappa shape index (κ2) is 5.92. The highest BCUT2D eigenvalue weighted by molar-refractivity contribution is 7.99. The van der Waals surface area contributed by atoms with Crippen LogP contribution in [0.4, 0.5) is 0 Å². The van der Waals surface area contributed by atoms with Gasteiger partial charge in [0.15, 0.2) is 0 Å². The molecule has 1 rings (SSSR count). The highest BCUT2D eigenvalue weighted by Gasteiger charge is 2.24. The van der Waals surface area contributed by atoms with Gasteiger partial charge in [0.2, 0.25) is 0 Å². The lowest BCUT2D eigenvalue weighted by Gasteiger charge is -2.20. The lowest BCUT2D eigenvalue weighted by molar-refractivity contribution is -0.153. The van der Waals surface area contributed by atoms with Gasteiger partial charge in [-0.25, -0.2) is 0 Å². The highest BCUT2D eigenvalue weighted by atomic mass is 32.2. The largest absolute Gasteiger partial charge is 0.459 e. The van der Waals surface area contributed by atoms with Crippen LogP contribution in [0.2, 0.25) is 0 Å². The van der Waals surface area contributed by atoms with Gasteiger partial charge in [-0.15, -0.1) is 0 Å². The van der Waals surface area contributed by atoms with Crippen LogP contribution < -0.4 is 5.32 Å². The SMILES string of the molecule is CSC1CCC(NCC(=O)OC(C)(C)C)C1. The van der Waals surface area contributed by atoms with Crippen molar-refractivity contribution in [2.24, 2.45) is 0 Å². The molecule has 0 saturated heterocycles. The summed E-state index contributed by atoms with van der Waals surface area (Å²) in [5, 5.41) is 4.04. The third-order valence-corrected chi connectivity index (χ3v) is 3.77. The molecule has 2 atom stereocenters. The fourth-order valence-electron chi connectivity index (χ4n) is 1.94. The predicted octanol–water partition coefficient (Wildman–Crippen LogP) is 2.20. The van der Waals surface area contributed by atoms with Crippen molar-refractivity contribution in [1.29, 1.82) is 0 Å². The summed E-state index contributed by atoms with van der Waals surface area (Å²) in [6.45, 7) is 6.02. The molecule has 4 heteroatoms. The first-order chi connectivity index (χ1) is 7.40. The van der Waals surface area contributed by atoms with Crippen molar-refractivity contribution in [1.82, 2.24) is 5.32 Å². The Hall–Kier alpha value is -0.220. The summed E-state index contributed by atoms with van der Waals surface area (Å²) < 4.78 is 5.24. The van der Waals surface area contributed by atoms with Crippen molar-refractivity contribution in [2.75, 3.05) is 12.8 Å². The smallest absolute Gasteiger partial charge is 0.320 e. The van der Waals surface area contributed by atoms with E-state index in [0.29, 0.717) is 12.6 Å². The first kappa shape index (κ1) is 13.8. The van der Waals surface area contributed by atoms with Crippen LogP contribution in [-0.4, -0.2) is 35.7 Å². The summed E-state index contributed by atoms with van der Waals surface area (Å²) >= 11 is 1.92. The second-order valence-electron chi connectivity index (χ2n) is 5.34. The lowest BCUT2D eigenvalue weighted by Crippen LogP contribution is -2.36. The van der Waals surface area contributed by atoms with Gasteiger partial charge in [-0.05, 0) is 46.3 Å². The number of thioether (sulfide) groups is 1. The summed E-state index contributed by atoms with van der Waals surface area (Å²) in [5.41, 5.74) is -0.379. The monoisotopic (exact) mass is 245 g/mol. The molecule has 0 aromatic carbocycles. The van der Waals surface area contributed by atoms with E-state index in [0.717, 1.165) is 5.25 Å². The van der Waals surface area contributed by atoms with Crippen LogP contribution >= 0.6 is 11.8 Å². The zero-order chi connectivity index (χ0) is 12.2. The maximum atomic E-state index is 11.5. The zero-order valence-electron chi connectivity index (χ0n) is 10.7. The van der Waals surface area contributed by atoms with E-state index in [9.17, 15) is 4.79 Å². The molecule has 0 radical (unpaired) electrons. The molecule has 1 fully saturated rings. The number of nitrogens with one attached hydrogen (secondary N) is 1. The number of esters is 1. The molecule has 2 unspecified atom stereocenters. The third kappa shape index (κ3) is 5.21. The van der Waals surface area contributed by atoms with Gasteiger partial charge >= 0.3 is 5.97 Å². The van der Waals surface area contributed by atoms with Crippen LogP contribution in [0.5, 0.6) is 0 Å². The highest BCUT2D eigenvalue weighted by Crippen LogP contribution is 2.27. The Bertz CT molecular complexity index is 238. The van der Waals surface area contributed by atoms with Crippen LogP contribution in [0.3, 0.4) is 0 Å². The first-order valence-electron chi connectivity index (χ1n) is 5.89. The summed E-state index contributed by atoms with van der Waals surface area (Å²) in [7, 11) is 0. The van der Waals surface area contributed by atoms with E-state index in [2.05, 4.69) is 11.6 Å². The van der Waals surface area contributed by atoms with Crippen LogP contribution in [0.25, 0.3) is 0 Å². The number of hydrogen-bond acceptors (Lipinski definition) is 4. The molecule has 0 amide bonds. The van der Waals surface area contributed by atoms with Gasteiger partial charge in [0.05, 0.1) is 6.54 Å². The molecule has 1 aliphatic rings. The van der Waals surface area contributed by atoms with E-state index in [1.807, 2.05) is 32.5 Å². The normalized spacial score (nSPS) is 25.8. The Labute approximate surface area is 103 Å². The van der Waals surface area contributed by atoms with E-state index in [4.69, 9.17) is 4.74 Å². The van der Waals surface area contributed by atoms with Crippen molar-refractivity contribution in [2.45, 2.75) is 56.9 Å². The Morgan fingerprint density at radius 3 is 2.62 bits per heavy atom. The van der Waals surface area contributed by atoms with Gasteiger partial charge in [-0.3, -0.25) is 4.79 Å². The fourth-order valence-corrected chi connectivity index (χ4v) is 2.74. The average molecular weight is 245 g/mol. The molecule has 3 nitrogen and oxygen atoms in total. The maximum Gasteiger partial charge on any atom is 0.320 e. The van der Waals surface area contributed by atoms with Crippen LogP contribution in [0.1, 0.15) is 40.0 Å². The molecule has 0 bridgehead atoms. The summed E-state index contributed by atoms with van der Waals surface area (Å²) in [5.74, 6) is -0.153. The Morgan fingerprint density at radius 2 is 2.12 bits per heavy atom. The molecule has 1 N–H and O–H groups in total. The first-order valence-corrected chi connectivity index (χ1v) is 7.17. The van der Waals surface area contributed by atoms with Crippen LogP contribution in [0, 0.1) is 0 Å². The lowest BCUT2D eigenvalue weighted by atomic mass is 10.2. The van der Waals surface area contributed by atoms with Crippen LogP contribution in [-0.2, 0) is 9.53 Å². The Balaban J connectivity index is 2.18. The van der Waals surface area contributed by atoms with Crippen molar-refractivity contribution >= 4 is 17.7 Å². The Morgan fingerprint density at radius 1 is 1.44 bits per heavy atom. The van der Waals surface area contributed by atoms with Crippen molar-refractivity contribution in [3.05, 3.63) is 0 Å². The van der Waals surface area contributed by atoms with E-state index < -0.39 is 0 Å². The van der Waals surface area contributed by atoms with E-state index in [1.54, 1.807) is 0 Å². The minimum Gasteiger partial charge on any atom is -0.459 e. The van der Waals surface area contributed by atoms with E-state index in [1.165, 1.54) is 19.3 Å². The van der Waals surface area contributed by atoms with Crippen molar-refractivity contribution in [3.63, 3.8) is 0 Å². The minimum atomic E-state index is -0.379. The predicted molar refractivity (Wildman–Crippen MR) is 68.8 cm³/mol. The van der Waals surface area contributed by atoms with Gasteiger partial charge in [0.1, 0.15) is 5.60 Å². The van der Waals surface area contributed by atoms with Gasteiger partial charge < -0.3 is 10.1 Å². The van der Waals surface area contributed by atoms with Gasteiger partial charge in [0.25, 0.3) is 0 Å². The summed E-state index contributed by atoms with van der Waals surface area (Å²) in [6.07, 6.45) is 5.76. The minimum absolute atomic E-state index is 0.153. The number of carbonyl (C=O) groups excluding carboxylic acids is 1. The molecule has 94 valence electrons. The van der Waals surface area contributed by atoms with E-state index in [-0.39, 0.29) is 11.6 Å². The quantitative estimate of drug-likeness (QED) is 0.771. The molecular formula is C12H23NO2S. The maximum absolute atomic E-state index is 11.5. The molecule has 0 aliphatic heterocycles. The Kier molecular flexibility index (Phi) is 5.12. The van der Waals surface area contributed by atoms with Gasteiger partial charge in [-0.1, -0.05) is 0 Å². The second-order valence-corrected chi connectivity index (χ2v) is 6.47. The molecule has 0 spiro atoms.